The molecule has 8 nitrogen and oxygen atoms in total. The number of methoxy groups -OCH3 is 1. The Morgan fingerprint density at radius 1 is 1.05 bits per heavy atom. The van der Waals surface area contributed by atoms with Crippen LogP contribution in [0, 0.1) is 18.3 Å². The highest BCUT2D eigenvalue weighted by atomic mass is 32.2. The van der Waals surface area contributed by atoms with Crippen LogP contribution in [0.3, 0.4) is 0 Å². The van der Waals surface area contributed by atoms with E-state index in [0.717, 1.165) is 0 Å². The van der Waals surface area contributed by atoms with E-state index in [1.807, 2.05) is 24.3 Å². The van der Waals surface area contributed by atoms with Gasteiger partial charge in [0.2, 0.25) is 5.91 Å². The average Bonchev–Trinajstić information content (AvgIpc) is 3.33. The van der Waals surface area contributed by atoms with Crippen molar-refractivity contribution in [2.75, 3.05) is 23.5 Å². The van der Waals surface area contributed by atoms with E-state index in [1.54, 1.807) is 56.3 Å². The number of thioether (sulfide) groups is 1. The van der Waals surface area contributed by atoms with Crippen molar-refractivity contribution in [1.29, 1.82) is 5.26 Å². The number of carbonyl (C=O) groups excluding carboxylic acids is 2. The van der Waals surface area contributed by atoms with Gasteiger partial charge in [-0.2, -0.15) is 5.26 Å². The number of allylic oxidation sites excluding steroid dienone is 2. The Bertz CT molecular complexity index is 1420. The second-order valence-electron chi connectivity index (χ2n) is 8.26. The zero-order chi connectivity index (χ0) is 26.4. The summed E-state index contributed by atoms with van der Waals surface area (Å²) < 4.78 is 11.3. The van der Waals surface area contributed by atoms with E-state index in [2.05, 4.69) is 22.0 Å². The molecule has 3 N–H and O–H groups in total. The molecular formula is C28H26N4O4S. The maximum atomic E-state index is 13.6. The lowest BCUT2D eigenvalue weighted by molar-refractivity contribution is -0.114. The van der Waals surface area contributed by atoms with E-state index in [-0.39, 0.29) is 11.7 Å². The van der Waals surface area contributed by atoms with Crippen molar-refractivity contribution in [3.63, 3.8) is 0 Å². The minimum atomic E-state index is -0.755. The normalized spacial score (nSPS) is 15.0. The Labute approximate surface area is 219 Å². The lowest BCUT2D eigenvalue weighted by Gasteiger charge is -2.28. The summed E-state index contributed by atoms with van der Waals surface area (Å²) in [4.78, 5) is 26.1. The number of nitriles is 1. The van der Waals surface area contributed by atoms with Gasteiger partial charge in [0, 0.05) is 11.4 Å². The van der Waals surface area contributed by atoms with E-state index >= 15 is 0 Å². The summed E-state index contributed by atoms with van der Waals surface area (Å²) >= 11 is 1.20. The molecule has 4 rings (SSSR count). The molecule has 9 heteroatoms. The molecule has 0 saturated heterocycles. The highest BCUT2D eigenvalue weighted by Crippen LogP contribution is 2.41. The first-order valence-electron chi connectivity index (χ1n) is 11.5. The Balaban J connectivity index is 1.63. The fraction of sp³-hybridized carbons (Fsp3) is 0.179. The first kappa shape index (κ1) is 25.7. The Kier molecular flexibility index (Phi) is 8.01. The number of furan rings is 1. The van der Waals surface area contributed by atoms with Crippen molar-refractivity contribution < 1.29 is 18.7 Å². The van der Waals surface area contributed by atoms with E-state index in [0.29, 0.717) is 50.5 Å². The summed E-state index contributed by atoms with van der Waals surface area (Å²) in [7, 11) is 1.53. The van der Waals surface area contributed by atoms with E-state index < -0.39 is 11.8 Å². The number of para-hydroxylation sites is 3. The maximum Gasteiger partial charge on any atom is 0.254 e. The lowest BCUT2D eigenvalue weighted by Crippen LogP contribution is -2.31. The van der Waals surface area contributed by atoms with Gasteiger partial charge in [0.05, 0.1) is 46.7 Å². The number of ether oxygens (including phenoxy) is 1. The van der Waals surface area contributed by atoms with Crippen LogP contribution in [0.2, 0.25) is 0 Å². The summed E-state index contributed by atoms with van der Waals surface area (Å²) in [5.41, 5.74) is 2.38. The molecule has 2 heterocycles. The monoisotopic (exact) mass is 514 g/mol. The Morgan fingerprint density at radius 2 is 1.78 bits per heavy atom. The number of hydrogen-bond donors (Lipinski definition) is 3. The molecule has 1 atom stereocenters. The number of dihydropyridines is 1. The van der Waals surface area contributed by atoms with Crippen LogP contribution in [0.5, 0.6) is 5.75 Å². The minimum Gasteiger partial charge on any atom is -0.495 e. The summed E-state index contributed by atoms with van der Waals surface area (Å²) in [5.74, 6) is 0.342. The van der Waals surface area contributed by atoms with Crippen molar-refractivity contribution >= 4 is 35.0 Å². The van der Waals surface area contributed by atoms with Gasteiger partial charge < -0.3 is 25.1 Å². The molecule has 37 heavy (non-hydrogen) atoms. The molecule has 0 bridgehead atoms. The summed E-state index contributed by atoms with van der Waals surface area (Å²) in [6.45, 7) is 3.56. The molecule has 1 unspecified atom stereocenters. The van der Waals surface area contributed by atoms with Crippen molar-refractivity contribution in [2.24, 2.45) is 0 Å². The van der Waals surface area contributed by atoms with Crippen LogP contribution in [0.4, 0.5) is 11.4 Å². The van der Waals surface area contributed by atoms with Crippen LogP contribution in [0.15, 0.2) is 93.0 Å². The van der Waals surface area contributed by atoms with Gasteiger partial charge in [0.15, 0.2) is 0 Å². The number of carbonyl (C=O) groups is 2. The number of amides is 2. The standard InChI is InChI=1S/C28H26N4O4S/c1-17-13-14-23(36-17)26-20(15-29)28(37-16-24(33)31-19-9-5-4-6-10-19)30-18(2)25(26)27(34)32-21-11-7-8-12-22(21)35-3/h4-14,26,30H,16H2,1-3H3,(H,31,33)(H,32,34). The number of benzene rings is 2. The van der Waals surface area contributed by atoms with Crippen LogP contribution in [-0.2, 0) is 9.59 Å². The summed E-state index contributed by atoms with van der Waals surface area (Å²) in [6.07, 6.45) is 0. The smallest absolute Gasteiger partial charge is 0.254 e. The van der Waals surface area contributed by atoms with Gasteiger partial charge in [-0.15, -0.1) is 0 Å². The second kappa shape index (κ2) is 11.5. The van der Waals surface area contributed by atoms with Crippen LogP contribution >= 0.6 is 11.8 Å². The second-order valence-corrected chi connectivity index (χ2v) is 9.24. The summed E-state index contributed by atoms with van der Waals surface area (Å²) in [5, 5.41) is 19.6. The lowest BCUT2D eigenvalue weighted by atomic mass is 9.85. The zero-order valence-corrected chi connectivity index (χ0v) is 21.4. The van der Waals surface area contributed by atoms with Crippen molar-refractivity contribution in [3.05, 3.63) is 100 Å². The van der Waals surface area contributed by atoms with Gasteiger partial charge in [-0.05, 0) is 50.2 Å². The van der Waals surface area contributed by atoms with Crippen LogP contribution in [0.1, 0.15) is 24.4 Å². The van der Waals surface area contributed by atoms with Crippen molar-refractivity contribution in [3.8, 4) is 11.8 Å². The van der Waals surface area contributed by atoms with Gasteiger partial charge in [0.25, 0.3) is 5.91 Å². The summed E-state index contributed by atoms with van der Waals surface area (Å²) in [6, 6.07) is 22.0. The number of hydrogen-bond acceptors (Lipinski definition) is 7. The number of nitrogens with zero attached hydrogens (tertiary/aromatic N) is 1. The van der Waals surface area contributed by atoms with Gasteiger partial charge in [0.1, 0.15) is 17.3 Å². The molecule has 1 aliphatic heterocycles. The van der Waals surface area contributed by atoms with Crippen LogP contribution < -0.4 is 20.7 Å². The third-order valence-electron chi connectivity index (χ3n) is 5.70. The first-order chi connectivity index (χ1) is 17.9. The molecule has 0 radical (unpaired) electrons. The molecule has 1 aliphatic rings. The first-order valence-corrected chi connectivity index (χ1v) is 12.5. The quantitative estimate of drug-likeness (QED) is 0.373. The molecule has 0 saturated carbocycles. The van der Waals surface area contributed by atoms with Gasteiger partial charge in [-0.3, -0.25) is 9.59 Å². The number of rotatable bonds is 8. The molecule has 2 aromatic carbocycles. The average molecular weight is 515 g/mol. The van der Waals surface area contributed by atoms with E-state index in [9.17, 15) is 14.9 Å². The molecule has 188 valence electrons. The molecule has 3 aromatic rings. The van der Waals surface area contributed by atoms with E-state index in [1.165, 1.54) is 18.9 Å². The third kappa shape index (κ3) is 5.88. The highest BCUT2D eigenvalue weighted by molar-refractivity contribution is 8.03. The highest BCUT2D eigenvalue weighted by Gasteiger charge is 2.37. The molecule has 0 spiro atoms. The predicted octanol–water partition coefficient (Wildman–Crippen LogP) is 5.30. The van der Waals surface area contributed by atoms with Crippen molar-refractivity contribution in [2.45, 2.75) is 19.8 Å². The molecular weight excluding hydrogens is 488 g/mol. The minimum absolute atomic E-state index is 0.0718. The fourth-order valence-electron chi connectivity index (χ4n) is 4.01. The number of nitrogens with one attached hydrogen (secondary N) is 3. The molecule has 0 fully saturated rings. The fourth-order valence-corrected chi connectivity index (χ4v) is 4.91. The predicted molar refractivity (Wildman–Crippen MR) is 144 cm³/mol. The van der Waals surface area contributed by atoms with Gasteiger partial charge >= 0.3 is 0 Å². The zero-order valence-electron chi connectivity index (χ0n) is 20.6. The number of aryl methyl sites for hydroxylation is 1. The maximum absolute atomic E-state index is 13.6. The molecule has 0 aliphatic carbocycles. The van der Waals surface area contributed by atoms with Crippen LogP contribution in [-0.4, -0.2) is 24.7 Å². The van der Waals surface area contributed by atoms with Gasteiger partial charge in [-0.25, -0.2) is 0 Å². The van der Waals surface area contributed by atoms with Crippen LogP contribution in [0.25, 0.3) is 0 Å². The number of anilines is 2. The van der Waals surface area contributed by atoms with Crippen molar-refractivity contribution in [1.82, 2.24) is 5.32 Å². The van der Waals surface area contributed by atoms with E-state index in [4.69, 9.17) is 9.15 Å². The van der Waals surface area contributed by atoms with Gasteiger partial charge in [-0.1, -0.05) is 42.1 Å². The SMILES string of the molecule is COc1ccccc1NC(=O)C1=C(C)NC(SCC(=O)Nc2ccccc2)=C(C#N)C1c1ccc(C)o1. The third-order valence-corrected chi connectivity index (χ3v) is 6.72. The molecule has 2 amide bonds. The molecule has 1 aromatic heterocycles. The Hall–Kier alpha value is -4.42. The Morgan fingerprint density at radius 3 is 2.46 bits per heavy atom. The topological polar surface area (TPSA) is 116 Å². The largest absolute Gasteiger partial charge is 0.495 e.